The molecule has 2 aromatic heterocycles. The Morgan fingerprint density at radius 1 is 1.31 bits per heavy atom. The summed E-state index contributed by atoms with van der Waals surface area (Å²) in [6.45, 7) is 4.00. The third kappa shape index (κ3) is 4.59. The summed E-state index contributed by atoms with van der Waals surface area (Å²) in [5.41, 5.74) is 3.63. The highest BCUT2D eigenvalue weighted by Crippen LogP contribution is 2.21. The highest BCUT2D eigenvalue weighted by molar-refractivity contribution is 7.90. The lowest BCUT2D eigenvalue weighted by Crippen LogP contribution is -2.14. The SMILES string of the molecule is Cc1ccc(-n2cccc2/C=C(/C#N)C(=O)Nc2nc(S(C)(=O)=O)ns2)c(C)c1. The van der Waals surface area contributed by atoms with Gasteiger partial charge in [-0.2, -0.15) is 14.6 Å². The number of nitrogens with one attached hydrogen (secondary N) is 1. The number of amides is 1. The summed E-state index contributed by atoms with van der Waals surface area (Å²) in [6.07, 6.45) is 4.29. The molecule has 0 saturated carbocycles. The predicted octanol–water partition coefficient (Wildman–Crippen LogP) is 2.89. The van der Waals surface area contributed by atoms with Crippen molar-refractivity contribution in [2.75, 3.05) is 11.6 Å². The minimum Gasteiger partial charge on any atom is -0.317 e. The van der Waals surface area contributed by atoms with Crippen molar-refractivity contribution < 1.29 is 13.2 Å². The fraction of sp³-hybridized carbons (Fsp3) is 0.158. The zero-order chi connectivity index (χ0) is 21.2. The van der Waals surface area contributed by atoms with Gasteiger partial charge >= 0.3 is 0 Å². The lowest BCUT2D eigenvalue weighted by atomic mass is 10.1. The first kappa shape index (κ1) is 20.4. The molecule has 0 aliphatic carbocycles. The molecule has 10 heteroatoms. The van der Waals surface area contributed by atoms with Gasteiger partial charge in [-0.1, -0.05) is 17.7 Å². The largest absolute Gasteiger partial charge is 0.317 e. The van der Waals surface area contributed by atoms with Gasteiger partial charge < -0.3 is 4.57 Å². The summed E-state index contributed by atoms with van der Waals surface area (Å²) < 4.78 is 28.5. The van der Waals surface area contributed by atoms with E-state index in [1.165, 1.54) is 6.08 Å². The number of sulfone groups is 1. The minimum atomic E-state index is -3.57. The molecule has 0 aliphatic rings. The summed E-state index contributed by atoms with van der Waals surface area (Å²) in [7, 11) is -3.57. The maximum atomic E-state index is 12.5. The molecular formula is C19H17N5O3S2. The number of aromatic nitrogens is 3. The molecule has 0 bridgehead atoms. The van der Waals surface area contributed by atoms with Crippen molar-refractivity contribution in [3.05, 3.63) is 58.9 Å². The van der Waals surface area contributed by atoms with E-state index in [0.29, 0.717) is 5.69 Å². The topological polar surface area (TPSA) is 118 Å². The van der Waals surface area contributed by atoms with Gasteiger partial charge in [0.25, 0.3) is 11.1 Å². The summed E-state index contributed by atoms with van der Waals surface area (Å²) >= 11 is 0.730. The van der Waals surface area contributed by atoms with E-state index in [0.717, 1.165) is 34.6 Å². The van der Waals surface area contributed by atoms with Gasteiger partial charge in [0.1, 0.15) is 11.6 Å². The van der Waals surface area contributed by atoms with Crippen molar-refractivity contribution in [3.8, 4) is 11.8 Å². The van der Waals surface area contributed by atoms with Gasteiger partial charge in [0.15, 0.2) is 0 Å². The number of nitrogens with zero attached hydrogens (tertiary/aromatic N) is 4. The standard InChI is InChI=1S/C19H17N5O3S2/c1-12-6-7-16(13(2)9-12)24-8-4-5-15(24)10-14(11-20)17(25)21-18-22-19(23-28-18)29(3,26)27/h4-10H,1-3H3,(H,21,22,23,25)/b14-10-. The first-order chi connectivity index (χ1) is 13.7. The smallest absolute Gasteiger partial charge is 0.268 e. The molecule has 0 atom stereocenters. The van der Waals surface area contributed by atoms with Gasteiger partial charge in [-0.25, -0.2) is 8.42 Å². The first-order valence-electron chi connectivity index (χ1n) is 8.41. The van der Waals surface area contributed by atoms with Crippen molar-refractivity contribution in [2.24, 2.45) is 0 Å². The maximum absolute atomic E-state index is 12.5. The molecule has 0 fully saturated rings. The van der Waals surface area contributed by atoms with Crippen molar-refractivity contribution in [1.82, 2.24) is 13.9 Å². The van der Waals surface area contributed by atoms with Gasteiger partial charge in [0.2, 0.25) is 15.0 Å². The zero-order valence-corrected chi connectivity index (χ0v) is 17.5. The van der Waals surface area contributed by atoms with E-state index in [1.54, 1.807) is 6.07 Å². The summed E-state index contributed by atoms with van der Waals surface area (Å²) in [4.78, 5) is 16.2. The maximum Gasteiger partial charge on any atom is 0.268 e. The quantitative estimate of drug-likeness (QED) is 0.494. The number of anilines is 1. The van der Waals surface area contributed by atoms with Crippen LogP contribution in [0.1, 0.15) is 16.8 Å². The van der Waals surface area contributed by atoms with Crippen LogP contribution in [-0.2, 0) is 14.6 Å². The van der Waals surface area contributed by atoms with Crippen LogP contribution >= 0.6 is 11.5 Å². The molecule has 148 valence electrons. The van der Waals surface area contributed by atoms with Crippen molar-refractivity contribution >= 4 is 38.5 Å². The Bertz CT molecular complexity index is 1260. The van der Waals surface area contributed by atoms with E-state index in [-0.39, 0.29) is 15.9 Å². The van der Waals surface area contributed by atoms with E-state index in [1.807, 2.05) is 48.9 Å². The van der Waals surface area contributed by atoms with Crippen LogP contribution in [0.5, 0.6) is 0 Å². The fourth-order valence-electron chi connectivity index (χ4n) is 2.68. The van der Waals surface area contributed by atoms with Crippen LogP contribution in [0.2, 0.25) is 0 Å². The van der Waals surface area contributed by atoms with Gasteiger partial charge in [0.05, 0.1) is 0 Å². The van der Waals surface area contributed by atoms with Crippen LogP contribution in [0.15, 0.2) is 47.3 Å². The second kappa shape index (κ2) is 7.98. The summed E-state index contributed by atoms with van der Waals surface area (Å²) in [6, 6.07) is 11.5. The summed E-state index contributed by atoms with van der Waals surface area (Å²) in [5, 5.41) is 11.5. The number of aryl methyl sites for hydroxylation is 2. The van der Waals surface area contributed by atoms with Gasteiger partial charge in [0, 0.05) is 35.4 Å². The Labute approximate surface area is 172 Å². The molecule has 0 saturated heterocycles. The number of carbonyl (C=O) groups excluding carboxylic acids is 1. The number of nitriles is 1. The lowest BCUT2D eigenvalue weighted by molar-refractivity contribution is -0.112. The van der Waals surface area contributed by atoms with Gasteiger partial charge in [-0.3, -0.25) is 10.1 Å². The van der Waals surface area contributed by atoms with Crippen LogP contribution in [0.3, 0.4) is 0 Å². The zero-order valence-electron chi connectivity index (χ0n) is 15.9. The lowest BCUT2D eigenvalue weighted by Gasteiger charge is -2.11. The van der Waals surface area contributed by atoms with Crippen LogP contribution < -0.4 is 5.32 Å². The van der Waals surface area contributed by atoms with E-state index >= 15 is 0 Å². The molecule has 8 nitrogen and oxygen atoms in total. The first-order valence-corrected chi connectivity index (χ1v) is 11.1. The third-order valence-electron chi connectivity index (χ3n) is 4.01. The average molecular weight is 428 g/mol. The molecule has 29 heavy (non-hydrogen) atoms. The minimum absolute atomic E-state index is 0.00124. The molecule has 0 unspecified atom stereocenters. The molecule has 1 N–H and O–H groups in total. The molecule has 0 spiro atoms. The normalized spacial score (nSPS) is 11.9. The number of hydrogen-bond acceptors (Lipinski definition) is 7. The fourth-order valence-corrected chi connectivity index (χ4v) is 4.12. The second-order valence-corrected chi connectivity index (χ2v) is 9.03. The summed E-state index contributed by atoms with van der Waals surface area (Å²) in [5.74, 6) is -0.697. The average Bonchev–Trinajstić information content (AvgIpc) is 3.28. The van der Waals surface area contributed by atoms with E-state index in [9.17, 15) is 18.5 Å². The number of benzene rings is 1. The van der Waals surface area contributed by atoms with Crippen molar-refractivity contribution in [2.45, 2.75) is 19.0 Å². The molecule has 0 aliphatic heterocycles. The Hall–Kier alpha value is -3.29. The number of hydrogen-bond donors (Lipinski definition) is 1. The van der Waals surface area contributed by atoms with Crippen LogP contribution in [0, 0.1) is 25.2 Å². The number of carbonyl (C=O) groups is 1. The van der Waals surface area contributed by atoms with E-state index < -0.39 is 15.7 Å². The Balaban J connectivity index is 1.89. The predicted molar refractivity (Wildman–Crippen MR) is 110 cm³/mol. The highest BCUT2D eigenvalue weighted by Gasteiger charge is 2.18. The van der Waals surface area contributed by atoms with E-state index in [2.05, 4.69) is 20.7 Å². The molecule has 2 heterocycles. The highest BCUT2D eigenvalue weighted by atomic mass is 32.2. The second-order valence-electron chi connectivity index (χ2n) is 6.37. The molecule has 1 amide bonds. The Kier molecular flexibility index (Phi) is 5.63. The van der Waals surface area contributed by atoms with Crippen LogP contribution in [0.4, 0.5) is 5.13 Å². The molecule has 3 aromatic rings. The molecule has 3 rings (SSSR count). The third-order valence-corrected chi connectivity index (χ3v) is 5.60. The van der Waals surface area contributed by atoms with Gasteiger partial charge in [-0.05, 0) is 43.7 Å². The molecule has 1 aromatic carbocycles. The van der Waals surface area contributed by atoms with E-state index in [4.69, 9.17) is 0 Å². The van der Waals surface area contributed by atoms with Crippen LogP contribution in [-0.4, -0.2) is 34.5 Å². The monoisotopic (exact) mass is 427 g/mol. The van der Waals surface area contributed by atoms with Crippen LogP contribution in [0.25, 0.3) is 11.8 Å². The van der Waals surface area contributed by atoms with Crippen molar-refractivity contribution in [1.29, 1.82) is 5.26 Å². The Morgan fingerprint density at radius 2 is 2.07 bits per heavy atom. The van der Waals surface area contributed by atoms with Gasteiger partial charge in [-0.15, -0.1) is 0 Å². The number of rotatable bonds is 5. The molecule has 0 radical (unpaired) electrons. The molecular weight excluding hydrogens is 410 g/mol. The Morgan fingerprint density at radius 3 is 2.69 bits per heavy atom. The van der Waals surface area contributed by atoms with Crippen molar-refractivity contribution in [3.63, 3.8) is 0 Å².